The predicted octanol–water partition coefficient (Wildman–Crippen LogP) is 3.68. The van der Waals surface area contributed by atoms with Crippen molar-refractivity contribution < 1.29 is 0 Å². The third kappa shape index (κ3) is 3.96. The van der Waals surface area contributed by atoms with Crippen LogP contribution in [0.4, 0.5) is 5.13 Å². The van der Waals surface area contributed by atoms with E-state index in [1.165, 1.54) is 12.1 Å². The molecule has 2 nitrogen and oxygen atoms in total. The van der Waals surface area contributed by atoms with Gasteiger partial charge in [-0.2, -0.15) is 0 Å². The third-order valence-electron chi connectivity index (χ3n) is 2.09. The van der Waals surface area contributed by atoms with Crippen molar-refractivity contribution in [2.24, 2.45) is 0 Å². The first-order chi connectivity index (χ1) is 6.76. The molecule has 0 spiro atoms. The second kappa shape index (κ2) is 6.40. The molecule has 1 heterocycles. The molecule has 1 aromatic heterocycles. The summed E-state index contributed by atoms with van der Waals surface area (Å²) in [5, 5.41) is 6.51. The van der Waals surface area contributed by atoms with Crippen molar-refractivity contribution in [2.75, 3.05) is 11.9 Å². The van der Waals surface area contributed by atoms with Crippen LogP contribution in [0.1, 0.15) is 32.4 Å². The summed E-state index contributed by atoms with van der Waals surface area (Å²) in [6, 6.07) is 0. The quantitative estimate of drug-likeness (QED) is 0.802. The van der Waals surface area contributed by atoms with Gasteiger partial charge in [0, 0.05) is 16.8 Å². The van der Waals surface area contributed by atoms with Gasteiger partial charge in [-0.25, -0.2) is 4.98 Å². The lowest BCUT2D eigenvalue weighted by Crippen LogP contribution is -2.07. The average molecular weight is 277 g/mol. The summed E-state index contributed by atoms with van der Waals surface area (Å²) >= 11 is 5.31. The summed E-state index contributed by atoms with van der Waals surface area (Å²) in [5.74, 6) is 0. The van der Waals surface area contributed by atoms with Crippen LogP contribution in [0.25, 0.3) is 0 Å². The molecular weight excluding hydrogens is 260 g/mol. The zero-order valence-electron chi connectivity index (χ0n) is 8.72. The lowest BCUT2D eigenvalue weighted by molar-refractivity contribution is 0.774. The summed E-state index contributed by atoms with van der Waals surface area (Å²) < 4.78 is 0. The van der Waals surface area contributed by atoms with Gasteiger partial charge in [-0.05, 0) is 19.3 Å². The highest BCUT2D eigenvalue weighted by molar-refractivity contribution is 9.09. The molecule has 1 unspecified atom stereocenters. The monoisotopic (exact) mass is 276 g/mol. The molecule has 0 aliphatic rings. The summed E-state index contributed by atoms with van der Waals surface area (Å²) in [7, 11) is 0. The average Bonchev–Trinajstić information content (AvgIpc) is 2.65. The van der Waals surface area contributed by atoms with Crippen LogP contribution >= 0.6 is 27.3 Å². The van der Waals surface area contributed by atoms with Crippen LogP contribution in [0.5, 0.6) is 0 Å². The number of rotatable bonds is 6. The molecule has 0 amide bonds. The fourth-order valence-electron chi connectivity index (χ4n) is 1.09. The van der Waals surface area contributed by atoms with E-state index in [4.69, 9.17) is 0 Å². The molecule has 1 aromatic rings. The number of nitrogens with zero attached hydrogens (tertiary/aromatic N) is 1. The molecule has 80 valence electrons. The molecule has 0 fully saturated rings. The highest BCUT2D eigenvalue weighted by atomic mass is 79.9. The lowest BCUT2D eigenvalue weighted by Gasteiger charge is -2.06. The van der Waals surface area contributed by atoms with Gasteiger partial charge in [-0.1, -0.05) is 29.8 Å². The van der Waals surface area contributed by atoms with E-state index in [9.17, 15) is 0 Å². The first-order valence-corrected chi connectivity index (χ1v) is 6.88. The maximum atomic E-state index is 4.44. The predicted molar refractivity (Wildman–Crippen MR) is 67.6 cm³/mol. The highest BCUT2D eigenvalue weighted by Crippen LogP contribution is 2.16. The molecule has 0 aromatic carbocycles. The van der Waals surface area contributed by atoms with Gasteiger partial charge in [0.1, 0.15) is 0 Å². The Kier molecular flexibility index (Phi) is 5.48. The molecule has 1 N–H and O–H groups in total. The van der Waals surface area contributed by atoms with E-state index in [0.29, 0.717) is 4.83 Å². The number of thiazole rings is 1. The Morgan fingerprint density at radius 3 is 2.93 bits per heavy atom. The summed E-state index contributed by atoms with van der Waals surface area (Å²) in [6.45, 7) is 5.32. The number of nitrogens with one attached hydrogen (secondary N) is 1. The SMILES string of the molecule is CCc1csc(NCCC(Br)CC)n1. The standard InChI is InChI=1S/C10H17BrN2S/c1-3-8(11)5-6-12-10-13-9(4-2)7-14-10/h7-8H,3-6H2,1-2H3,(H,12,13). The van der Waals surface area contributed by atoms with Gasteiger partial charge in [0.05, 0.1) is 5.69 Å². The zero-order chi connectivity index (χ0) is 10.4. The van der Waals surface area contributed by atoms with Gasteiger partial charge < -0.3 is 5.32 Å². The minimum Gasteiger partial charge on any atom is -0.361 e. The molecule has 0 aliphatic heterocycles. The van der Waals surface area contributed by atoms with E-state index >= 15 is 0 Å². The van der Waals surface area contributed by atoms with E-state index in [1.807, 2.05) is 0 Å². The molecule has 4 heteroatoms. The highest BCUT2D eigenvalue weighted by Gasteiger charge is 2.02. The van der Waals surface area contributed by atoms with Gasteiger partial charge in [-0.3, -0.25) is 0 Å². The van der Waals surface area contributed by atoms with Crippen molar-refractivity contribution in [3.63, 3.8) is 0 Å². The fraction of sp³-hybridized carbons (Fsp3) is 0.700. The van der Waals surface area contributed by atoms with Gasteiger partial charge in [-0.15, -0.1) is 11.3 Å². The summed E-state index contributed by atoms with van der Waals surface area (Å²) in [6.07, 6.45) is 3.35. The number of alkyl halides is 1. The number of hydrogen-bond donors (Lipinski definition) is 1. The van der Waals surface area contributed by atoms with E-state index in [0.717, 1.165) is 24.5 Å². The van der Waals surface area contributed by atoms with Crippen LogP contribution in [0.3, 0.4) is 0 Å². The van der Waals surface area contributed by atoms with Crippen molar-refractivity contribution in [1.29, 1.82) is 0 Å². The smallest absolute Gasteiger partial charge is 0.182 e. The number of aromatic nitrogens is 1. The molecule has 0 saturated heterocycles. The number of anilines is 1. The number of aryl methyl sites for hydroxylation is 1. The Balaban J connectivity index is 2.24. The first-order valence-electron chi connectivity index (χ1n) is 5.08. The minimum atomic E-state index is 0.626. The zero-order valence-corrected chi connectivity index (χ0v) is 11.1. The van der Waals surface area contributed by atoms with Gasteiger partial charge in [0.25, 0.3) is 0 Å². The van der Waals surface area contributed by atoms with Crippen LogP contribution in [0, 0.1) is 0 Å². The minimum absolute atomic E-state index is 0.626. The normalized spacial score (nSPS) is 12.8. The third-order valence-corrected chi connectivity index (χ3v) is 4.04. The van der Waals surface area contributed by atoms with Crippen LogP contribution in [-0.4, -0.2) is 16.4 Å². The molecule has 1 atom stereocenters. The van der Waals surface area contributed by atoms with E-state index in [-0.39, 0.29) is 0 Å². The van der Waals surface area contributed by atoms with Gasteiger partial charge in [0.2, 0.25) is 0 Å². The van der Waals surface area contributed by atoms with Crippen LogP contribution in [-0.2, 0) is 6.42 Å². The van der Waals surface area contributed by atoms with Crippen molar-refractivity contribution in [1.82, 2.24) is 4.98 Å². The Bertz CT molecular complexity index is 262. The van der Waals surface area contributed by atoms with Crippen LogP contribution < -0.4 is 5.32 Å². The Hall–Kier alpha value is -0.0900. The van der Waals surface area contributed by atoms with E-state index in [1.54, 1.807) is 11.3 Å². The van der Waals surface area contributed by atoms with Gasteiger partial charge in [0.15, 0.2) is 5.13 Å². The molecule has 0 bridgehead atoms. The molecule has 0 saturated carbocycles. The fourth-order valence-corrected chi connectivity index (χ4v) is 2.14. The summed E-state index contributed by atoms with van der Waals surface area (Å²) in [4.78, 5) is 5.07. The topological polar surface area (TPSA) is 24.9 Å². The maximum Gasteiger partial charge on any atom is 0.182 e. The second-order valence-corrected chi connectivity index (χ2v) is 5.37. The Labute approximate surface area is 98.3 Å². The van der Waals surface area contributed by atoms with Crippen molar-refractivity contribution in [3.05, 3.63) is 11.1 Å². The number of hydrogen-bond acceptors (Lipinski definition) is 3. The molecule has 14 heavy (non-hydrogen) atoms. The van der Waals surface area contributed by atoms with Crippen molar-refractivity contribution in [2.45, 2.75) is 37.9 Å². The summed E-state index contributed by atoms with van der Waals surface area (Å²) in [5.41, 5.74) is 1.18. The molecule has 1 rings (SSSR count). The Morgan fingerprint density at radius 2 is 2.36 bits per heavy atom. The van der Waals surface area contributed by atoms with Crippen LogP contribution in [0.15, 0.2) is 5.38 Å². The Morgan fingerprint density at radius 1 is 1.57 bits per heavy atom. The number of halogens is 1. The lowest BCUT2D eigenvalue weighted by atomic mass is 10.2. The molecule has 0 aliphatic carbocycles. The second-order valence-electron chi connectivity index (χ2n) is 3.22. The molecule has 0 radical (unpaired) electrons. The van der Waals surface area contributed by atoms with Crippen molar-refractivity contribution >= 4 is 32.4 Å². The molecular formula is C10H17BrN2S. The van der Waals surface area contributed by atoms with Crippen LogP contribution in [0.2, 0.25) is 0 Å². The van der Waals surface area contributed by atoms with E-state index < -0.39 is 0 Å². The first kappa shape index (κ1) is 12.0. The van der Waals surface area contributed by atoms with E-state index in [2.05, 4.69) is 45.5 Å². The van der Waals surface area contributed by atoms with Gasteiger partial charge >= 0.3 is 0 Å². The largest absolute Gasteiger partial charge is 0.361 e. The maximum absolute atomic E-state index is 4.44. The van der Waals surface area contributed by atoms with Crippen molar-refractivity contribution in [3.8, 4) is 0 Å².